The number of aliphatic hydroxyl groups excluding tert-OH is 2. The molecule has 134 valence electrons. The standard InChI is InChI=1S/C21H32O3/c1-3-16-19-17(18(23)11-12-21(19,2)20(16)24)10-9-15(22)13-14-7-5-4-6-8-14/h14-19,22-23H,3-8,11-13H2,1-2H3/t15-,16?,17-,18+,19+,21-/m1/s1. The Morgan fingerprint density at radius 3 is 2.62 bits per heavy atom. The van der Waals surface area contributed by atoms with Gasteiger partial charge in [-0.1, -0.05) is 57.8 Å². The fourth-order valence-electron chi connectivity index (χ4n) is 5.52. The summed E-state index contributed by atoms with van der Waals surface area (Å²) in [4.78, 5) is 12.4. The van der Waals surface area contributed by atoms with Gasteiger partial charge in [-0.25, -0.2) is 0 Å². The number of rotatable bonds is 3. The van der Waals surface area contributed by atoms with Gasteiger partial charge < -0.3 is 10.2 Å². The van der Waals surface area contributed by atoms with Gasteiger partial charge in [0.25, 0.3) is 0 Å². The van der Waals surface area contributed by atoms with Crippen molar-refractivity contribution >= 4 is 5.78 Å². The van der Waals surface area contributed by atoms with Crippen LogP contribution in [0, 0.1) is 40.9 Å². The van der Waals surface area contributed by atoms with E-state index < -0.39 is 12.2 Å². The Balaban J connectivity index is 1.67. The average molecular weight is 332 g/mol. The van der Waals surface area contributed by atoms with Crippen molar-refractivity contribution in [3.8, 4) is 11.8 Å². The molecule has 3 fully saturated rings. The highest BCUT2D eigenvalue weighted by Gasteiger charge is 2.63. The monoisotopic (exact) mass is 332 g/mol. The van der Waals surface area contributed by atoms with E-state index in [1.807, 2.05) is 13.8 Å². The Kier molecular flexibility index (Phi) is 5.37. The number of carbonyl (C=O) groups excluding carboxylic acids is 1. The van der Waals surface area contributed by atoms with Gasteiger partial charge in [-0.2, -0.15) is 0 Å². The number of Topliss-reactive ketones (excluding diaryl/α,β-unsaturated/α-hetero) is 1. The molecule has 0 amide bonds. The van der Waals surface area contributed by atoms with E-state index in [0.717, 1.165) is 19.3 Å². The van der Waals surface area contributed by atoms with E-state index >= 15 is 0 Å². The van der Waals surface area contributed by atoms with Crippen LogP contribution < -0.4 is 0 Å². The molecular weight excluding hydrogens is 300 g/mol. The van der Waals surface area contributed by atoms with E-state index in [4.69, 9.17) is 0 Å². The van der Waals surface area contributed by atoms with Crippen molar-refractivity contribution < 1.29 is 15.0 Å². The predicted molar refractivity (Wildman–Crippen MR) is 94.1 cm³/mol. The summed E-state index contributed by atoms with van der Waals surface area (Å²) in [6, 6.07) is 0. The number of carbonyl (C=O) groups is 1. The van der Waals surface area contributed by atoms with Crippen LogP contribution in [0.2, 0.25) is 0 Å². The molecule has 3 nitrogen and oxygen atoms in total. The largest absolute Gasteiger partial charge is 0.392 e. The average Bonchev–Trinajstić information content (AvgIpc) is 2.58. The zero-order valence-electron chi connectivity index (χ0n) is 15.1. The fraction of sp³-hybridized carbons (Fsp3) is 0.857. The summed E-state index contributed by atoms with van der Waals surface area (Å²) in [7, 11) is 0. The Labute approximate surface area is 146 Å². The van der Waals surface area contributed by atoms with Crippen LogP contribution in [0.1, 0.15) is 71.6 Å². The zero-order valence-corrected chi connectivity index (χ0v) is 15.1. The molecule has 0 heterocycles. The first-order chi connectivity index (χ1) is 11.5. The Morgan fingerprint density at radius 2 is 1.96 bits per heavy atom. The van der Waals surface area contributed by atoms with Gasteiger partial charge >= 0.3 is 0 Å². The molecule has 0 saturated heterocycles. The molecule has 1 unspecified atom stereocenters. The second-order valence-corrected chi connectivity index (χ2v) is 8.50. The SMILES string of the molecule is CCC1C(=O)[C@]2(C)CC[C@H](O)[C@@H](C#C[C@@H](O)CC3CCCCC3)[C@H]12. The highest BCUT2D eigenvalue weighted by molar-refractivity contribution is 5.94. The number of hydrogen-bond donors (Lipinski definition) is 2. The minimum absolute atomic E-state index is 0.0414. The van der Waals surface area contributed by atoms with Crippen molar-refractivity contribution in [3.05, 3.63) is 0 Å². The lowest BCUT2D eigenvalue weighted by atomic mass is 9.44. The minimum Gasteiger partial charge on any atom is -0.392 e. The van der Waals surface area contributed by atoms with Gasteiger partial charge in [-0.3, -0.25) is 4.79 Å². The molecule has 0 aromatic heterocycles. The summed E-state index contributed by atoms with van der Waals surface area (Å²) in [6.07, 6.45) is 8.23. The van der Waals surface area contributed by atoms with E-state index in [1.54, 1.807) is 0 Å². The van der Waals surface area contributed by atoms with Crippen LogP contribution in [-0.4, -0.2) is 28.2 Å². The first kappa shape index (κ1) is 18.0. The van der Waals surface area contributed by atoms with Gasteiger partial charge in [-0.15, -0.1) is 0 Å². The van der Waals surface area contributed by atoms with E-state index in [0.29, 0.717) is 18.1 Å². The van der Waals surface area contributed by atoms with Crippen molar-refractivity contribution in [1.82, 2.24) is 0 Å². The van der Waals surface area contributed by atoms with E-state index in [2.05, 4.69) is 11.8 Å². The maximum Gasteiger partial charge on any atom is 0.142 e. The maximum absolute atomic E-state index is 12.4. The van der Waals surface area contributed by atoms with Gasteiger partial charge in [0, 0.05) is 11.3 Å². The Hall–Kier alpha value is -0.850. The van der Waals surface area contributed by atoms with Crippen molar-refractivity contribution in [1.29, 1.82) is 0 Å². The van der Waals surface area contributed by atoms with E-state index in [9.17, 15) is 15.0 Å². The first-order valence-corrected chi connectivity index (χ1v) is 9.89. The lowest BCUT2D eigenvalue weighted by molar-refractivity contribution is -0.171. The summed E-state index contributed by atoms with van der Waals surface area (Å²) in [5, 5.41) is 20.7. The summed E-state index contributed by atoms with van der Waals surface area (Å²) in [5.74, 6) is 7.22. The molecule has 6 atom stereocenters. The second-order valence-electron chi connectivity index (χ2n) is 8.50. The van der Waals surface area contributed by atoms with Crippen LogP contribution in [0.15, 0.2) is 0 Å². The summed E-state index contributed by atoms with van der Waals surface area (Å²) >= 11 is 0. The first-order valence-electron chi connectivity index (χ1n) is 9.89. The topological polar surface area (TPSA) is 57.5 Å². The zero-order chi connectivity index (χ0) is 17.3. The molecule has 3 heteroatoms. The van der Waals surface area contributed by atoms with Crippen molar-refractivity contribution in [2.75, 3.05) is 0 Å². The molecule has 0 radical (unpaired) electrons. The van der Waals surface area contributed by atoms with Crippen LogP contribution in [-0.2, 0) is 4.79 Å². The van der Waals surface area contributed by atoms with E-state index in [-0.39, 0.29) is 23.2 Å². The van der Waals surface area contributed by atoms with Crippen molar-refractivity contribution in [2.45, 2.75) is 83.8 Å². The molecule has 3 saturated carbocycles. The van der Waals surface area contributed by atoms with Crippen molar-refractivity contribution in [3.63, 3.8) is 0 Å². The van der Waals surface area contributed by atoms with Gasteiger partial charge in [0.1, 0.15) is 11.9 Å². The Morgan fingerprint density at radius 1 is 1.25 bits per heavy atom. The molecule has 3 aliphatic rings. The molecule has 3 rings (SSSR count). The molecule has 0 spiro atoms. The maximum atomic E-state index is 12.4. The van der Waals surface area contributed by atoms with Crippen LogP contribution in [0.4, 0.5) is 0 Å². The molecule has 0 aliphatic heterocycles. The molecule has 24 heavy (non-hydrogen) atoms. The summed E-state index contributed by atoms with van der Waals surface area (Å²) in [6.45, 7) is 4.09. The molecular formula is C21H32O3. The van der Waals surface area contributed by atoms with Crippen LogP contribution in [0.5, 0.6) is 0 Å². The quantitative estimate of drug-likeness (QED) is 0.780. The molecule has 2 N–H and O–H groups in total. The van der Waals surface area contributed by atoms with Gasteiger partial charge in [0.15, 0.2) is 0 Å². The molecule has 0 aromatic rings. The number of ketones is 1. The lowest BCUT2D eigenvalue weighted by Crippen LogP contribution is -2.62. The lowest BCUT2D eigenvalue weighted by Gasteiger charge is -2.57. The normalized spacial score (nSPS) is 40.9. The predicted octanol–water partition coefficient (Wildman–Crippen LogP) is 3.32. The number of fused-ring (bicyclic) bond motifs is 1. The van der Waals surface area contributed by atoms with Crippen LogP contribution >= 0.6 is 0 Å². The fourth-order valence-corrected chi connectivity index (χ4v) is 5.52. The molecule has 3 aliphatic carbocycles. The number of hydrogen-bond acceptors (Lipinski definition) is 3. The summed E-state index contributed by atoms with van der Waals surface area (Å²) < 4.78 is 0. The van der Waals surface area contributed by atoms with Gasteiger partial charge in [0.05, 0.1) is 12.0 Å². The minimum atomic E-state index is -0.593. The highest BCUT2D eigenvalue weighted by Crippen LogP contribution is 2.59. The second kappa shape index (κ2) is 7.18. The van der Waals surface area contributed by atoms with Crippen LogP contribution in [0.3, 0.4) is 0 Å². The summed E-state index contributed by atoms with van der Waals surface area (Å²) in [5.41, 5.74) is -0.298. The van der Waals surface area contributed by atoms with Gasteiger partial charge in [-0.05, 0) is 37.5 Å². The third-order valence-electron chi connectivity index (χ3n) is 6.97. The van der Waals surface area contributed by atoms with Gasteiger partial charge in [0.2, 0.25) is 0 Å². The molecule has 0 aromatic carbocycles. The smallest absolute Gasteiger partial charge is 0.142 e. The third-order valence-corrected chi connectivity index (χ3v) is 6.97. The number of aliphatic hydroxyl groups is 2. The highest BCUT2D eigenvalue weighted by atomic mass is 16.3. The van der Waals surface area contributed by atoms with Crippen LogP contribution in [0.25, 0.3) is 0 Å². The van der Waals surface area contributed by atoms with Crippen molar-refractivity contribution in [2.24, 2.45) is 29.1 Å². The third kappa shape index (κ3) is 3.16. The molecule has 0 bridgehead atoms. The van der Waals surface area contributed by atoms with E-state index in [1.165, 1.54) is 32.1 Å². The Bertz CT molecular complexity index is 525.